The Morgan fingerprint density at radius 1 is 1.57 bits per heavy atom. The van der Waals surface area contributed by atoms with Crippen LogP contribution in [0.25, 0.3) is 0 Å². The molecule has 5 nitrogen and oxygen atoms in total. The first-order valence-corrected chi connectivity index (χ1v) is 4.36. The monoisotopic (exact) mass is 193 g/mol. The van der Waals surface area contributed by atoms with Crippen molar-refractivity contribution < 1.29 is 9.90 Å². The molecule has 2 heterocycles. The van der Waals surface area contributed by atoms with E-state index in [1.165, 1.54) is 6.20 Å². The Labute approximate surface area is 81.2 Å². The fraction of sp³-hybridized carbons (Fsp3) is 0.333. The Balaban J connectivity index is 2.10. The molecule has 0 aromatic carbocycles. The molecule has 74 valence electrons. The first kappa shape index (κ1) is 8.96. The SMILES string of the molecule is NC1CN(c2ccc(C(=O)O)cn2)C1. The number of carboxylic acids is 1. The van der Waals surface area contributed by atoms with Gasteiger partial charge in [0.2, 0.25) is 0 Å². The maximum Gasteiger partial charge on any atom is 0.337 e. The molecule has 5 heteroatoms. The zero-order valence-electron chi connectivity index (χ0n) is 7.55. The van der Waals surface area contributed by atoms with Gasteiger partial charge in [0.15, 0.2) is 0 Å². The molecular formula is C9H11N3O2. The maximum absolute atomic E-state index is 10.5. The summed E-state index contributed by atoms with van der Waals surface area (Å²) in [6.45, 7) is 1.58. The van der Waals surface area contributed by atoms with Crippen molar-refractivity contribution >= 4 is 11.8 Å². The van der Waals surface area contributed by atoms with Gasteiger partial charge in [-0.1, -0.05) is 0 Å². The highest BCUT2D eigenvalue weighted by Crippen LogP contribution is 2.17. The number of hydrogen-bond acceptors (Lipinski definition) is 4. The van der Waals surface area contributed by atoms with Crippen molar-refractivity contribution in [3.05, 3.63) is 23.9 Å². The lowest BCUT2D eigenvalue weighted by Gasteiger charge is -2.37. The number of pyridine rings is 1. The van der Waals surface area contributed by atoms with Crippen LogP contribution in [0, 0.1) is 0 Å². The molecule has 0 atom stereocenters. The molecule has 3 N–H and O–H groups in total. The van der Waals surface area contributed by atoms with Crippen molar-refractivity contribution in [2.45, 2.75) is 6.04 Å². The summed E-state index contributed by atoms with van der Waals surface area (Å²) in [5.74, 6) is -0.166. The van der Waals surface area contributed by atoms with E-state index in [0.717, 1.165) is 18.9 Å². The molecule has 0 radical (unpaired) electrons. The van der Waals surface area contributed by atoms with Gasteiger partial charge in [0.05, 0.1) is 5.56 Å². The molecule has 2 rings (SSSR count). The number of carboxylic acid groups (broad SMARTS) is 1. The van der Waals surface area contributed by atoms with Crippen LogP contribution in [-0.2, 0) is 0 Å². The van der Waals surface area contributed by atoms with Crippen LogP contribution >= 0.6 is 0 Å². The van der Waals surface area contributed by atoms with Crippen molar-refractivity contribution in [1.82, 2.24) is 4.98 Å². The Morgan fingerprint density at radius 2 is 2.29 bits per heavy atom. The fourth-order valence-corrected chi connectivity index (χ4v) is 1.40. The quantitative estimate of drug-likeness (QED) is 0.687. The predicted molar refractivity (Wildman–Crippen MR) is 51.4 cm³/mol. The van der Waals surface area contributed by atoms with Crippen LogP contribution < -0.4 is 10.6 Å². The number of anilines is 1. The minimum Gasteiger partial charge on any atom is -0.478 e. The van der Waals surface area contributed by atoms with E-state index < -0.39 is 5.97 Å². The largest absolute Gasteiger partial charge is 0.478 e. The molecule has 1 aromatic heterocycles. The van der Waals surface area contributed by atoms with Gasteiger partial charge in [-0.2, -0.15) is 0 Å². The zero-order valence-corrected chi connectivity index (χ0v) is 7.55. The first-order chi connectivity index (χ1) is 6.66. The van der Waals surface area contributed by atoms with Crippen molar-refractivity contribution in [2.75, 3.05) is 18.0 Å². The van der Waals surface area contributed by atoms with E-state index in [1.54, 1.807) is 12.1 Å². The summed E-state index contributed by atoms with van der Waals surface area (Å²) < 4.78 is 0. The number of nitrogens with two attached hydrogens (primary N) is 1. The van der Waals surface area contributed by atoms with Crippen molar-refractivity contribution in [3.63, 3.8) is 0 Å². The highest BCUT2D eigenvalue weighted by atomic mass is 16.4. The van der Waals surface area contributed by atoms with Gasteiger partial charge in [0.1, 0.15) is 5.82 Å². The van der Waals surface area contributed by atoms with Crippen LogP contribution in [0.3, 0.4) is 0 Å². The van der Waals surface area contributed by atoms with Crippen LogP contribution in [0.15, 0.2) is 18.3 Å². The predicted octanol–water partition coefficient (Wildman–Crippen LogP) is -0.0729. The topological polar surface area (TPSA) is 79.5 Å². The summed E-state index contributed by atoms with van der Waals surface area (Å²) in [5, 5.41) is 8.65. The molecule has 0 aliphatic carbocycles. The summed E-state index contributed by atoms with van der Waals surface area (Å²) in [6, 6.07) is 3.47. The van der Waals surface area contributed by atoms with E-state index in [9.17, 15) is 4.79 Å². The standard InChI is InChI=1S/C9H11N3O2/c10-7-4-12(5-7)8-2-1-6(3-11-8)9(13)14/h1-3,7H,4-5,10H2,(H,13,14). The molecule has 1 aliphatic heterocycles. The van der Waals surface area contributed by atoms with Gasteiger partial charge in [-0.25, -0.2) is 9.78 Å². The van der Waals surface area contributed by atoms with Gasteiger partial charge in [-0.15, -0.1) is 0 Å². The van der Waals surface area contributed by atoms with Crippen molar-refractivity contribution in [1.29, 1.82) is 0 Å². The average molecular weight is 193 g/mol. The summed E-state index contributed by atoms with van der Waals surface area (Å²) in [7, 11) is 0. The molecule has 14 heavy (non-hydrogen) atoms. The highest BCUT2D eigenvalue weighted by Gasteiger charge is 2.23. The van der Waals surface area contributed by atoms with E-state index in [2.05, 4.69) is 4.98 Å². The lowest BCUT2D eigenvalue weighted by atomic mass is 10.1. The number of hydrogen-bond donors (Lipinski definition) is 2. The molecule has 0 amide bonds. The van der Waals surface area contributed by atoms with Gasteiger partial charge in [0, 0.05) is 25.3 Å². The lowest BCUT2D eigenvalue weighted by molar-refractivity contribution is 0.0696. The molecule has 0 spiro atoms. The van der Waals surface area contributed by atoms with Crippen LogP contribution in [0.5, 0.6) is 0 Å². The Bertz CT molecular complexity index is 344. The van der Waals surface area contributed by atoms with Crippen LogP contribution in [-0.4, -0.2) is 35.2 Å². The molecular weight excluding hydrogens is 182 g/mol. The van der Waals surface area contributed by atoms with E-state index in [-0.39, 0.29) is 11.6 Å². The van der Waals surface area contributed by atoms with E-state index in [0.29, 0.717) is 0 Å². The molecule has 1 saturated heterocycles. The third-order valence-electron chi connectivity index (χ3n) is 2.23. The number of carbonyl (C=O) groups is 1. The summed E-state index contributed by atoms with van der Waals surface area (Å²) in [5.41, 5.74) is 5.83. The van der Waals surface area contributed by atoms with Gasteiger partial charge in [0.25, 0.3) is 0 Å². The fourth-order valence-electron chi connectivity index (χ4n) is 1.40. The number of rotatable bonds is 2. The number of aromatic carboxylic acids is 1. The van der Waals surface area contributed by atoms with Gasteiger partial charge >= 0.3 is 5.97 Å². The Morgan fingerprint density at radius 3 is 2.71 bits per heavy atom. The summed E-state index contributed by atoms with van der Waals surface area (Å²) in [6.07, 6.45) is 1.36. The van der Waals surface area contributed by atoms with Crippen molar-refractivity contribution in [3.8, 4) is 0 Å². The Kier molecular flexibility index (Phi) is 2.09. The average Bonchev–Trinajstić information content (AvgIpc) is 2.13. The molecule has 0 bridgehead atoms. The molecule has 1 aliphatic rings. The smallest absolute Gasteiger partial charge is 0.337 e. The second kappa shape index (κ2) is 3.26. The van der Waals surface area contributed by atoms with Crippen molar-refractivity contribution in [2.24, 2.45) is 5.73 Å². The summed E-state index contributed by atoms with van der Waals surface area (Å²) in [4.78, 5) is 16.6. The third-order valence-corrected chi connectivity index (χ3v) is 2.23. The van der Waals surface area contributed by atoms with Crippen LogP contribution in [0.2, 0.25) is 0 Å². The van der Waals surface area contributed by atoms with Gasteiger partial charge < -0.3 is 15.7 Å². The number of nitrogens with zero attached hydrogens (tertiary/aromatic N) is 2. The summed E-state index contributed by atoms with van der Waals surface area (Å²) >= 11 is 0. The first-order valence-electron chi connectivity index (χ1n) is 4.36. The maximum atomic E-state index is 10.5. The minimum atomic E-state index is -0.954. The van der Waals surface area contributed by atoms with E-state index >= 15 is 0 Å². The number of aromatic nitrogens is 1. The molecule has 0 unspecified atom stereocenters. The molecule has 1 aromatic rings. The van der Waals surface area contributed by atoms with Crippen LogP contribution in [0.4, 0.5) is 5.82 Å². The molecule has 0 saturated carbocycles. The van der Waals surface area contributed by atoms with E-state index in [4.69, 9.17) is 10.8 Å². The van der Waals surface area contributed by atoms with E-state index in [1.807, 2.05) is 4.90 Å². The third kappa shape index (κ3) is 1.54. The second-order valence-electron chi connectivity index (χ2n) is 3.38. The van der Waals surface area contributed by atoms with Crippen LogP contribution in [0.1, 0.15) is 10.4 Å². The normalized spacial score (nSPS) is 16.5. The second-order valence-corrected chi connectivity index (χ2v) is 3.38. The lowest BCUT2D eigenvalue weighted by Crippen LogP contribution is -2.56. The van der Waals surface area contributed by atoms with Gasteiger partial charge in [-0.3, -0.25) is 0 Å². The van der Waals surface area contributed by atoms with Gasteiger partial charge in [-0.05, 0) is 12.1 Å². The minimum absolute atomic E-state index is 0.207. The zero-order chi connectivity index (χ0) is 10.1. The Hall–Kier alpha value is -1.62. The highest BCUT2D eigenvalue weighted by molar-refractivity contribution is 5.87. The molecule has 1 fully saturated rings.